The molecule has 14 heavy (non-hydrogen) atoms. The molecule has 72 valence electrons. The van der Waals surface area contributed by atoms with E-state index in [4.69, 9.17) is 10.1 Å². The summed E-state index contributed by atoms with van der Waals surface area (Å²) in [5, 5.41) is 12.0. The Labute approximate surface area is 83.6 Å². The molecular weight excluding hydrogens is 176 g/mol. The summed E-state index contributed by atoms with van der Waals surface area (Å²) in [6.45, 7) is 2.38. The lowest BCUT2D eigenvalue weighted by Gasteiger charge is -1.95. The van der Waals surface area contributed by atoms with Crippen LogP contribution in [0.4, 0.5) is 0 Å². The SMILES string of the molecule is Cc1ccc(/C=N/OCCC#N)cc1. The number of nitrogens with zero attached hydrogens (tertiary/aromatic N) is 2. The van der Waals surface area contributed by atoms with E-state index in [0.717, 1.165) is 5.56 Å². The average molecular weight is 188 g/mol. The molecule has 3 nitrogen and oxygen atoms in total. The Morgan fingerprint density at radius 1 is 1.43 bits per heavy atom. The van der Waals surface area contributed by atoms with Crippen molar-refractivity contribution in [2.75, 3.05) is 6.61 Å². The molecule has 0 aliphatic carbocycles. The van der Waals surface area contributed by atoms with Crippen molar-refractivity contribution >= 4 is 6.21 Å². The zero-order valence-electron chi connectivity index (χ0n) is 8.10. The normalized spacial score (nSPS) is 10.0. The van der Waals surface area contributed by atoms with Gasteiger partial charge in [-0.25, -0.2) is 0 Å². The van der Waals surface area contributed by atoms with E-state index in [1.807, 2.05) is 37.3 Å². The van der Waals surface area contributed by atoms with Gasteiger partial charge in [-0.3, -0.25) is 0 Å². The predicted molar refractivity (Wildman–Crippen MR) is 55.0 cm³/mol. The molecule has 0 heterocycles. The molecular formula is C11H12N2O. The molecule has 0 aliphatic rings. The van der Waals surface area contributed by atoms with Gasteiger partial charge in [-0.05, 0) is 12.5 Å². The van der Waals surface area contributed by atoms with E-state index in [0.29, 0.717) is 13.0 Å². The van der Waals surface area contributed by atoms with Gasteiger partial charge in [0.1, 0.15) is 6.61 Å². The topological polar surface area (TPSA) is 45.4 Å². The molecule has 0 spiro atoms. The Hall–Kier alpha value is -1.82. The summed E-state index contributed by atoms with van der Waals surface area (Å²) in [6, 6.07) is 9.93. The van der Waals surface area contributed by atoms with Crippen LogP contribution in [0.5, 0.6) is 0 Å². The Balaban J connectivity index is 2.37. The van der Waals surface area contributed by atoms with Crippen molar-refractivity contribution in [2.45, 2.75) is 13.3 Å². The van der Waals surface area contributed by atoms with Crippen LogP contribution in [-0.4, -0.2) is 12.8 Å². The van der Waals surface area contributed by atoms with Gasteiger partial charge < -0.3 is 4.84 Å². The van der Waals surface area contributed by atoms with E-state index in [1.165, 1.54) is 5.56 Å². The van der Waals surface area contributed by atoms with Crippen LogP contribution in [-0.2, 0) is 4.84 Å². The molecule has 3 heteroatoms. The minimum atomic E-state index is 0.346. The number of nitriles is 1. The highest BCUT2D eigenvalue weighted by Crippen LogP contribution is 2.00. The molecule has 0 bridgehead atoms. The third-order valence-electron chi connectivity index (χ3n) is 1.66. The maximum atomic E-state index is 8.23. The summed E-state index contributed by atoms with van der Waals surface area (Å²) in [5.41, 5.74) is 2.21. The lowest BCUT2D eigenvalue weighted by molar-refractivity contribution is 0.152. The van der Waals surface area contributed by atoms with E-state index >= 15 is 0 Å². The number of oxime groups is 1. The molecule has 0 radical (unpaired) electrons. The summed E-state index contributed by atoms with van der Waals surface area (Å²) in [5.74, 6) is 0. The van der Waals surface area contributed by atoms with E-state index in [-0.39, 0.29) is 0 Å². The van der Waals surface area contributed by atoms with Crippen LogP contribution in [0.1, 0.15) is 17.5 Å². The third kappa shape index (κ3) is 3.72. The molecule has 1 aromatic rings. The minimum Gasteiger partial charge on any atom is -0.395 e. The van der Waals surface area contributed by atoms with Crippen molar-refractivity contribution in [1.82, 2.24) is 0 Å². The number of hydrogen-bond acceptors (Lipinski definition) is 3. The van der Waals surface area contributed by atoms with Gasteiger partial charge in [-0.2, -0.15) is 5.26 Å². The highest BCUT2D eigenvalue weighted by molar-refractivity contribution is 5.79. The highest BCUT2D eigenvalue weighted by atomic mass is 16.6. The Morgan fingerprint density at radius 2 is 2.14 bits per heavy atom. The Kier molecular flexibility index (Phi) is 4.22. The molecule has 0 saturated heterocycles. The molecule has 0 amide bonds. The first kappa shape index (κ1) is 10.3. The van der Waals surface area contributed by atoms with E-state index < -0.39 is 0 Å². The molecule has 0 aliphatic heterocycles. The van der Waals surface area contributed by atoms with Crippen molar-refractivity contribution in [1.29, 1.82) is 5.26 Å². The van der Waals surface area contributed by atoms with Crippen LogP contribution >= 0.6 is 0 Å². The van der Waals surface area contributed by atoms with E-state index in [9.17, 15) is 0 Å². The molecule has 1 aromatic carbocycles. The minimum absolute atomic E-state index is 0.346. The van der Waals surface area contributed by atoms with Gasteiger partial charge in [0.05, 0.1) is 18.7 Å². The summed E-state index contributed by atoms with van der Waals surface area (Å²) >= 11 is 0. The van der Waals surface area contributed by atoms with Gasteiger partial charge in [0.25, 0.3) is 0 Å². The number of benzene rings is 1. The van der Waals surface area contributed by atoms with Crippen molar-refractivity contribution in [3.8, 4) is 6.07 Å². The second-order valence-electron chi connectivity index (χ2n) is 2.89. The molecule has 0 atom stereocenters. The Morgan fingerprint density at radius 3 is 2.79 bits per heavy atom. The largest absolute Gasteiger partial charge is 0.395 e. The predicted octanol–water partition coefficient (Wildman–Crippen LogP) is 2.26. The maximum Gasteiger partial charge on any atom is 0.130 e. The summed E-state index contributed by atoms with van der Waals surface area (Å²) in [7, 11) is 0. The lowest BCUT2D eigenvalue weighted by Crippen LogP contribution is -1.87. The molecule has 1 rings (SSSR count). The fraction of sp³-hybridized carbons (Fsp3) is 0.273. The zero-order chi connectivity index (χ0) is 10.2. The van der Waals surface area contributed by atoms with Crippen molar-refractivity contribution in [3.63, 3.8) is 0 Å². The van der Waals surface area contributed by atoms with Crippen LogP contribution in [0.3, 0.4) is 0 Å². The highest BCUT2D eigenvalue weighted by Gasteiger charge is 1.87. The van der Waals surface area contributed by atoms with Crippen LogP contribution in [0.15, 0.2) is 29.4 Å². The maximum absolute atomic E-state index is 8.23. The summed E-state index contributed by atoms with van der Waals surface area (Å²) < 4.78 is 0. The van der Waals surface area contributed by atoms with Gasteiger partial charge in [0.2, 0.25) is 0 Å². The average Bonchev–Trinajstić information content (AvgIpc) is 2.21. The first-order chi connectivity index (χ1) is 6.83. The molecule has 0 unspecified atom stereocenters. The fourth-order valence-corrected chi connectivity index (χ4v) is 0.895. The molecule has 0 N–H and O–H groups in total. The second-order valence-corrected chi connectivity index (χ2v) is 2.89. The second kappa shape index (κ2) is 5.76. The van der Waals surface area contributed by atoms with Crippen LogP contribution in [0.2, 0.25) is 0 Å². The first-order valence-electron chi connectivity index (χ1n) is 4.42. The monoisotopic (exact) mass is 188 g/mol. The van der Waals surface area contributed by atoms with E-state index in [2.05, 4.69) is 5.16 Å². The Bertz CT molecular complexity index is 335. The quantitative estimate of drug-likeness (QED) is 0.413. The first-order valence-corrected chi connectivity index (χ1v) is 4.42. The fourth-order valence-electron chi connectivity index (χ4n) is 0.895. The zero-order valence-corrected chi connectivity index (χ0v) is 8.10. The third-order valence-corrected chi connectivity index (χ3v) is 1.66. The van der Waals surface area contributed by atoms with Gasteiger partial charge in [-0.1, -0.05) is 35.0 Å². The molecule has 0 fully saturated rings. The molecule has 0 saturated carbocycles. The number of aryl methyl sites for hydroxylation is 1. The number of rotatable bonds is 4. The standard InChI is InChI=1S/C11H12N2O/c1-10-3-5-11(6-4-10)9-13-14-8-2-7-12/h3-6,9H,2,8H2,1H3/b13-9+. The van der Waals surface area contributed by atoms with Gasteiger partial charge in [0, 0.05) is 0 Å². The van der Waals surface area contributed by atoms with E-state index in [1.54, 1.807) is 6.21 Å². The summed E-state index contributed by atoms with van der Waals surface area (Å²) in [6.07, 6.45) is 2.00. The van der Waals surface area contributed by atoms with Gasteiger partial charge in [-0.15, -0.1) is 0 Å². The van der Waals surface area contributed by atoms with Gasteiger partial charge >= 0.3 is 0 Å². The van der Waals surface area contributed by atoms with Crippen molar-refractivity contribution < 1.29 is 4.84 Å². The van der Waals surface area contributed by atoms with Crippen LogP contribution in [0, 0.1) is 18.3 Å². The van der Waals surface area contributed by atoms with Gasteiger partial charge in [0.15, 0.2) is 0 Å². The lowest BCUT2D eigenvalue weighted by atomic mass is 10.2. The van der Waals surface area contributed by atoms with Crippen molar-refractivity contribution in [3.05, 3.63) is 35.4 Å². The molecule has 0 aromatic heterocycles. The summed E-state index contributed by atoms with van der Waals surface area (Å²) in [4.78, 5) is 4.86. The smallest absolute Gasteiger partial charge is 0.130 e. The number of hydrogen-bond donors (Lipinski definition) is 0. The van der Waals surface area contributed by atoms with Crippen LogP contribution < -0.4 is 0 Å². The van der Waals surface area contributed by atoms with Crippen LogP contribution in [0.25, 0.3) is 0 Å². The van der Waals surface area contributed by atoms with Crippen molar-refractivity contribution in [2.24, 2.45) is 5.16 Å².